The highest BCUT2D eigenvalue weighted by Gasteiger charge is 2.19. The van der Waals surface area contributed by atoms with Crippen molar-refractivity contribution in [2.45, 2.75) is 19.9 Å². The molecule has 0 atom stereocenters. The zero-order chi connectivity index (χ0) is 16.1. The SMILES string of the molecule is CCN1CCN(C(=O)NCCCn2ccc3ccccc32)CC1. The number of nitrogens with one attached hydrogen (secondary N) is 1. The molecule has 1 N–H and O–H groups in total. The number of likely N-dealkylation sites (N-methyl/N-ethyl adjacent to an activating group) is 1. The lowest BCUT2D eigenvalue weighted by Gasteiger charge is -2.34. The number of rotatable bonds is 5. The van der Waals surface area contributed by atoms with E-state index >= 15 is 0 Å². The van der Waals surface area contributed by atoms with Crippen LogP contribution in [0.25, 0.3) is 10.9 Å². The summed E-state index contributed by atoms with van der Waals surface area (Å²) in [5.74, 6) is 0. The van der Waals surface area contributed by atoms with Crippen molar-refractivity contribution >= 4 is 16.9 Å². The Kier molecular flexibility index (Phi) is 5.18. The maximum absolute atomic E-state index is 12.2. The van der Waals surface area contributed by atoms with Crippen LogP contribution < -0.4 is 5.32 Å². The lowest BCUT2D eigenvalue weighted by Crippen LogP contribution is -2.51. The van der Waals surface area contributed by atoms with Gasteiger partial charge in [0.05, 0.1) is 0 Å². The smallest absolute Gasteiger partial charge is 0.317 e. The number of carbonyl (C=O) groups excluding carboxylic acids is 1. The van der Waals surface area contributed by atoms with Gasteiger partial charge in [0.1, 0.15) is 0 Å². The largest absolute Gasteiger partial charge is 0.347 e. The number of amides is 2. The summed E-state index contributed by atoms with van der Waals surface area (Å²) in [5, 5.41) is 4.32. The van der Waals surface area contributed by atoms with Gasteiger partial charge < -0.3 is 19.7 Å². The molecule has 23 heavy (non-hydrogen) atoms. The Morgan fingerprint density at radius 1 is 1.13 bits per heavy atom. The van der Waals surface area contributed by atoms with E-state index < -0.39 is 0 Å². The lowest BCUT2D eigenvalue weighted by atomic mass is 10.2. The molecule has 3 rings (SSSR count). The first kappa shape index (κ1) is 15.9. The van der Waals surface area contributed by atoms with Crippen molar-refractivity contribution in [3.63, 3.8) is 0 Å². The Balaban J connectivity index is 1.40. The van der Waals surface area contributed by atoms with Gasteiger partial charge in [-0.25, -0.2) is 4.79 Å². The fourth-order valence-corrected chi connectivity index (χ4v) is 3.16. The maximum atomic E-state index is 12.2. The summed E-state index contributed by atoms with van der Waals surface area (Å²) in [6, 6.07) is 10.6. The van der Waals surface area contributed by atoms with Gasteiger partial charge in [-0.1, -0.05) is 25.1 Å². The predicted octanol–water partition coefficient (Wildman–Crippen LogP) is 2.38. The monoisotopic (exact) mass is 314 g/mol. The van der Waals surface area contributed by atoms with Crippen LogP contribution in [0.4, 0.5) is 4.79 Å². The number of fused-ring (bicyclic) bond motifs is 1. The van der Waals surface area contributed by atoms with Gasteiger partial charge in [0.2, 0.25) is 0 Å². The number of piperazine rings is 1. The van der Waals surface area contributed by atoms with Gasteiger partial charge in [0, 0.05) is 51.0 Å². The molecule has 1 fully saturated rings. The summed E-state index contributed by atoms with van der Waals surface area (Å²) >= 11 is 0. The van der Waals surface area contributed by atoms with Crippen LogP contribution in [0.3, 0.4) is 0 Å². The molecule has 2 heterocycles. The second kappa shape index (κ2) is 7.51. The first-order valence-electron chi connectivity index (χ1n) is 8.57. The third kappa shape index (κ3) is 3.85. The fraction of sp³-hybridized carbons (Fsp3) is 0.500. The maximum Gasteiger partial charge on any atom is 0.317 e. The van der Waals surface area contributed by atoms with E-state index in [0.29, 0.717) is 0 Å². The van der Waals surface area contributed by atoms with Crippen molar-refractivity contribution in [3.05, 3.63) is 36.5 Å². The zero-order valence-corrected chi connectivity index (χ0v) is 13.9. The Morgan fingerprint density at radius 2 is 1.91 bits per heavy atom. The van der Waals surface area contributed by atoms with Crippen molar-refractivity contribution in [3.8, 4) is 0 Å². The van der Waals surface area contributed by atoms with Crippen molar-refractivity contribution in [2.24, 2.45) is 0 Å². The summed E-state index contributed by atoms with van der Waals surface area (Å²) in [6.45, 7) is 8.53. The second-order valence-corrected chi connectivity index (χ2v) is 6.07. The molecule has 5 nitrogen and oxygen atoms in total. The fourth-order valence-electron chi connectivity index (χ4n) is 3.16. The average Bonchev–Trinajstić information content (AvgIpc) is 3.02. The Bertz CT molecular complexity index is 643. The summed E-state index contributed by atoms with van der Waals surface area (Å²) in [4.78, 5) is 16.5. The van der Waals surface area contributed by atoms with Crippen LogP contribution in [-0.4, -0.2) is 59.7 Å². The van der Waals surface area contributed by atoms with Crippen molar-refractivity contribution < 1.29 is 4.79 Å². The van der Waals surface area contributed by atoms with Gasteiger partial charge in [-0.05, 0) is 30.5 Å². The van der Waals surface area contributed by atoms with Gasteiger partial charge >= 0.3 is 6.03 Å². The molecule has 1 aromatic heterocycles. The summed E-state index contributed by atoms with van der Waals surface area (Å²) < 4.78 is 2.25. The molecule has 0 spiro atoms. The Hall–Kier alpha value is -2.01. The van der Waals surface area contributed by atoms with Crippen molar-refractivity contribution in [2.75, 3.05) is 39.3 Å². The predicted molar refractivity (Wildman–Crippen MR) is 93.6 cm³/mol. The summed E-state index contributed by atoms with van der Waals surface area (Å²) in [7, 11) is 0. The van der Waals surface area contributed by atoms with Crippen LogP contribution in [0.2, 0.25) is 0 Å². The normalized spacial score (nSPS) is 16.0. The van der Waals surface area contributed by atoms with Crippen LogP contribution >= 0.6 is 0 Å². The number of aryl methyl sites for hydroxylation is 1. The standard InChI is InChI=1S/C18H26N4O/c1-2-20-12-14-22(15-13-20)18(23)19-9-5-10-21-11-8-16-6-3-4-7-17(16)21/h3-4,6-8,11H,2,5,9-10,12-15H2,1H3,(H,19,23). The van der Waals surface area contributed by atoms with Crippen LogP contribution in [0.15, 0.2) is 36.5 Å². The molecule has 0 bridgehead atoms. The van der Waals surface area contributed by atoms with Gasteiger partial charge in [0.15, 0.2) is 0 Å². The van der Waals surface area contributed by atoms with E-state index in [2.05, 4.69) is 58.2 Å². The quantitative estimate of drug-likeness (QED) is 0.861. The number of urea groups is 1. The van der Waals surface area contributed by atoms with E-state index in [1.54, 1.807) is 0 Å². The number of nitrogens with zero attached hydrogens (tertiary/aromatic N) is 3. The number of hydrogen-bond acceptors (Lipinski definition) is 2. The molecule has 1 saturated heterocycles. The lowest BCUT2D eigenvalue weighted by molar-refractivity contribution is 0.143. The molecule has 0 radical (unpaired) electrons. The van der Waals surface area contributed by atoms with E-state index in [4.69, 9.17) is 0 Å². The minimum atomic E-state index is 0.0816. The zero-order valence-electron chi connectivity index (χ0n) is 13.9. The number of benzene rings is 1. The van der Waals surface area contributed by atoms with Crippen LogP contribution in [-0.2, 0) is 6.54 Å². The Labute approximate surface area is 137 Å². The molecule has 0 unspecified atom stereocenters. The Morgan fingerprint density at radius 3 is 2.70 bits per heavy atom. The minimum Gasteiger partial charge on any atom is -0.347 e. The van der Waals surface area contributed by atoms with Crippen LogP contribution in [0.1, 0.15) is 13.3 Å². The molecule has 124 valence electrons. The van der Waals surface area contributed by atoms with E-state index in [0.717, 1.165) is 52.2 Å². The molecule has 0 saturated carbocycles. The topological polar surface area (TPSA) is 40.5 Å². The molecule has 1 aliphatic rings. The summed E-state index contributed by atoms with van der Waals surface area (Å²) in [6.07, 6.45) is 3.07. The van der Waals surface area contributed by atoms with E-state index in [9.17, 15) is 4.79 Å². The van der Waals surface area contributed by atoms with Gasteiger partial charge in [-0.3, -0.25) is 0 Å². The third-order valence-electron chi connectivity index (χ3n) is 4.64. The highest BCUT2D eigenvalue weighted by Crippen LogP contribution is 2.15. The van der Waals surface area contributed by atoms with E-state index in [1.807, 2.05) is 4.90 Å². The highest BCUT2D eigenvalue weighted by atomic mass is 16.2. The number of carbonyl (C=O) groups is 1. The van der Waals surface area contributed by atoms with Crippen molar-refractivity contribution in [1.29, 1.82) is 0 Å². The molecule has 2 aromatic rings. The van der Waals surface area contributed by atoms with Gasteiger partial charge in [0.25, 0.3) is 0 Å². The highest BCUT2D eigenvalue weighted by molar-refractivity contribution is 5.79. The van der Waals surface area contributed by atoms with E-state index in [-0.39, 0.29) is 6.03 Å². The molecule has 2 amide bonds. The molecular weight excluding hydrogens is 288 g/mol. The molecule has 1 aromatic carbocycles. The van der Waals surface area contributed by atoms with Crippen molar-refractivity contribution in [1.82, 2.24) is 19.7 Å². The second-order valence-electron chi connectivity index (χ2n) is 6.07. The minimum absolute atomic E-state index is 0.0816. The first-order chi connectivity index (χ1) is 11.3. The number of para-hydroxylation sites is 1. The van der Waals surface area contributed by atoms with Crippen LogP contribution in [0, 0.1) is 0 Å². The van der Waals surface area contributed by atoms with Gasteiger partial charge in [-0.2, -0.15) is 0 Å². The number of aromatic nitrogens is 1. The number of hydrogen-bond donors (Lipinski definition) is 1. The molecular formula is C18H26N4O. The average molecular weight is 314 g/mol. The molecule has 0 aliphatic carbocycles. The summed E-state index contributed by atoms with van der Waals surface area (Å²) in [5.41, 5.74) is 1.26. The third-order valence-corrected chi connectivity index (χ3v) is 4.64. The molecule has 1 aliphatic heterocycles. The van der Waals surface area contributed by atoms with Crippen LogP contribution in [0.5, 0.6) is 0 Å². The van der Waals surface area contributed by atoms with E-state index in [1.165, 1.54) is 10.9 Å². The molecule has 5 heteroatoms. The first-order valence-corrected chi connectivity index (χ1v) is 8.57. The van der Waals surface area contributed by atoms with Gasteiger partial charge in [-0.15, -0.1) is 0 Å².